The Balaban J connectivity index is 2.42. The molecule has 0 aliphatic carbocycles. The second-order valence-corrected chi connectivity index (χ2v) is 4.39. The van der Waals surface area contributed by atoms with Crippen LogP contribution in [-0.4, -0.2) is 25.1 Å². The molecule has 1 rings (SSSR count). The predicted octanol–water partition coefficient (Wildman–Crippen LogP) is 1.15. The Hall–Kier alpha value is -1.55. The Morgan fingerprint density at radius 3 is 2.47 bits per heavy atom. The minimum atomic E-state index is -0.151. The van der Waals surface area contributed by atoms with Crippen LogP contribution in [0.4, 0.5) is 0 Å². The maximum absolute atomic E-state index is 11.4. The van der Waals surface area contributed by atoms with Crippen molar-refractivity contribution in [1.82, 2.24) is 5.32 Å². The van der Waals surface area contributed by atoms with Crippen molar-refractivity contribution in [1.29, 1.82) is 0 Å². The first kappa shape index (κ1) is 13.5. The van der Waals surface area contributed by atoms with E-state index in [2.05, 4.69) is 11.4 Å². The minimum absolute atomic E-state index is 0.0234. The van der Waals surface area contributed by atoms with Gasteiger partial charge in [-0.05, 0) is 44.0 Å². The van der Waals surface area contributed by atoms with Gasteiger partial charge in [0.25, 0.3) is 5.91 Å². The van der Waals surface area contributed by atoms with Gasteiger partial charge in [0.2, 0.25) is 0 Å². The van der Waals surface area contributed by atoms with Gasteiger partial charge >= 0.3 is 0 Å². The molecule has 17 heavy (non-hydrogen) atoms. The van der Waals surface area contributed by atoms with Crippen LogP contribution in [0.3, 0.4) is 0 Å². The predicted molar refractivity (Wildman–Crippen MR) is 68.1 cm³/mol. The number of carbonyl (C=O) groups is 1. The summed E-state index contributed by atoms with van der Waals surface area (Å²) in [7, 11) is 0. The van der Waals surface area contributed by atoms with Crippen molar-refractivity contribution in [3.05, 3.63) is 29.3 Å². The number of carbonyl (C=O) groups excluding carboxylic acids is 1. The van der Waals surface area contributed by atoms with Gasteiger partial charge in [-0.15, -0.1) is 0 Å². The minimum Gasteiger partial charge on any atom is -0.484 e. The fourth-order valence-corrected chi connectivity index (χ4v) is 1.49. The summed E-state index contributed by atoms with van der Waals surface area (Å²) in [5.74, 6) is 0.569. The van der Waals surface area contributed by atoms with Crippen molar-refractivity contribution in [2.24, 2.45) is 5.73 Å². The smallest absolute Gasteiger partial charge is 0.257 e. The second-order valence-electron chi connectivity index (χ2n) is 4.39. The number of nitrogens with one attached hydrogen (secondary N) is 1. The quantitative estimate of drug-likeness (QED) is 0.806. The van der Waals surface area contributed by atoms with Gasteiger partial charge in [-0.3, -0.25) is 4.79 Å². The van der Waals surface area contributed by atoms with E-state index >= 15 is 0 Å². The van der Waals surface area contributed by atoms with E-state index in [0.29, 0.717) is 6.54 Å². The number of nitrogens with two attached hydrogens (primary N) is 1. The first-order chi connectivity index (χ1) is 7.97. The van der Waals surface area contributed by atoms with Crippen molar-refractivity contribution in [2.75, 3.05) is 13.2 Å². The molecule has 0 fully saturated rings. The first-order valence-corrected chi connectivity index (χ1v) is 5.71. The fraction of sp³-hybridized carbons (Fsp3) is 0.462. The van der Waals surface area contributed by atoms with Gasteiger partial charge in [-0.1, -0.05) is 6.07 Å². The third-order valence-electron chi connectivity index (χ3n) is 2.19. The summed E-state index contributed by atoms with van der Waals surface area (Å²) < 4.78 is 5.41. The third-order valence-corrected chi connectivity index (χ3v) is 2.19. The molecular formula is C13H20N2O2. The van der Waals surface area contributed by atoms with Crippen LogP contribution in [0.2, 0.25) is 0 Å². The van der Waals surface area contributed by atoms with Gasteiger partial charge in [0.05, 0.1) is 0 Å². The van der Waals surface area contributed by atoms with E-state index in [4.69, 9.17) is 10.5 Å². The third kappa shape index (κ3) is 5.36. The zero-order valence-corrected chi connectivity index (χ0v) is 10.6. The lowest BCUT2D eigenvalue weighted by atomic mass is 10.1. The molecular weight excluding hydrogens is 216 g/mol. The zero-order valence-electron chi connectivity index (χ0n) is 10.6. The van der Waals surface area contributed by atoms with Crippen LogP contribution in [0.25, 0.3) is 0 Å². The largest absolute Gasteiger partial charge is 0.484 e. The van der Waals surface area contributed by atoms with Crippen molar-refractivity contribution in [2.45, 2.75) is 26.8 Å². The summed E-state index contributed by atoms with van der Waals surface area (Å²) in [6.07, 6.45) is 0. The molecule has 3 N–H and O–H groups in total. The van der Waals surface area contributed by atoms with Gasteiger partial charge in [0, 0.05) is 12.6 Å². The summed E-state index contributed by atoms with van der Waals surface area (Å²) in [4.78, 5) is 11.4. The van der Waals surface area contributed by atoms with Gasteiger partial charge in [0.15, 0.2) is 6.61 Å². The molecule has 0 aliphatic rings. The van der Waals surface area contributed by atoms with Gasteiger partial charge in [-0.2, -0.15) is 0 Å². The normalized spacial score (nSPS) is 12.0. The first-order valence-electron chi connectivity index (χ1n) is 5.71. The molecule has 1 aromatic carbocycles. The molecule has 4 heteroatoms. The van der Waals surface area contributed by atoms with Gasteiger partial charge < -0.3 is 15.8 Å². The summed E-state index contributed by atoms with van der Waals surface area (Å²) in [5.41, 5.74) is 7.77. The molecule has 4 nitrogen and oxygen atoms in total. The molecule has 1 unspecified atom stereocenters. The van der Waals surface area contributed by atoms with Crippen LogP contribution in [0, 0.1) is 13.8 Å². The SMILES string of the molecule is Cc1cc(C)cc(OCC(=O)NCC(C)N)c1. The highest BCUT2D eigenvalue weighted by Crippen LogP contribution is 2.15. The monoisotopic (exact) mass is 236 g/mol. The molecule has 0 bridgehead atoms. The second kappa shape index (κ2) is 6.25. The van der Waals surface area contributed by atoms with E-state index < -0.39 is 0 Å². The molecule has 0 spiro atoms. The lowest BCUT2D eigenvalue weighted by Gasteiger charge is -2.10. The average molecular weight is 236 g/mol. The molecule has 0 aromatic heterocycles. The summed E-state index contributed by atoms with van der Waals surface area (Å²) in [6, 6.07) is 5.83. The lowest BCUT2D eigenvalue weighted by Crippen LogP contribution is -2.37. The summed E-state index contributed by atoms with van der Waals surface area (Å²) in [6.45, 7) is 6.32. The number of hydrogen-bond acceptors (Lipinski definition) is 3. The molecule has 0 radical (unpaired) electrons. The van der Waals surface area contributed by atoms with E-state index in [0.717, 1.165) is 16.9 Å². The molecule has 0 saturated carbocycles. The number of benzene rings is 1. The van der Waals surface area contributed by atoms with Crippen LogP contribution in [0.5, 0.6) is 5.75 Å². The van der Waals surface area contributed by atoms with Crippen LogP contribution in [0.15, 0.2) is 18.2 Å². The van der Waals surface area contributed by atoms with Crippen molar-refractivity contribution in [3.8, 4) is 5.75 Å². The fourth-order valence-electron chi connectivity index (χ4n) is 1.49. The standard InChI is InChI=1S/C13H20N2O2/c1-9-4-10(2)6-12(5-9)17-8-13(16)15-7-11(3)14/h4-6,11H,7-8,14H2,1-3H3,(H,15,16). The van der Waals surface area contributed by atoms with Gasteiger partial charge in [-0.25, -0.2) is 0 Å². The zero-order chi connectivity index (χ0) is 12.8. The summed E-state index contributed by atoms with van der Waals surface area (Å²) >= 11 is 0. The van der Waals surface area contributed by atoms with E-state index in [-0.39, 0.29) is 18.6 Å². The van der Waals surface area contributed by atoms with E-state index in [1.165, 1.54) is 0 Å². The van der Waals surface area contributed by atoms with E-state index in [1.54, 1.807) is 0 Å². The maximum Gasteiger partial charge on any atom is 0.257 e. The number of ether oxygens (including phenoxy) is 1. The lowest BCUT2D eigenvalue weighted by molar-refractivity contribution is -0.123. The van der Waals surface area contributed by atoms with E-state index in [1.807, 2.05) is 32.9 Å². The van der Waals surface area contributed by atoms with Crippen LogP contribution in [0.1, 0.15) is 18.1 Å². The van der Waals surface area contributed by atoms with Gasteiger partial charge in [0.1, 0.15) is 5.75 Å². The number of hydrogen-bond donors (Lipinski definition) is 2. The number of aryl methyl sites for hydroxylation is 2. The molecule has 0 aliphatic heterocycles. The highest BCUT2D eigenvalue weighted by molar-refractivity contribution is 5.77. The Labute approximate surface area is 102 Å². The Morgan fingerprint density at radius 1 is 1.35 bits per heavy atom. The Morgan fingerprint density at radius 2 is 1.94 bits per heavy atom. The molecule has 0 saturated heterocycles. The highest BCUT2D eigenvalue weighted by Gasteiger charge is 2.04. The molecule has 94 valence electrons. The molecule has 1 aromatic rings. The summed E-state index contributed by atoms with van der Waals surface area (Å²) in [5, 5.41) is 2.69. The molecule has 0 heterocycles. The number of amides is 1. The van der Waals surface area contributed by atoms with Crippen LogP contribution < -0.4 is 15.8 Å². The maximum atomic E-state index is 11.4. The topological polar surface area (TPSA) is 64.3 Å². The van der Waals surface area contributed by atoms with Crippen LogP contribution >= 0.6 is 0 Å². The average Bonchev–Trinajstić information content (AvgIpc) is 2.22. The Bertz CT molecular complexity index is 369. The van der Waals surface area contributed by atoms with Crippen LogP contribution in [-0.2, 0) is 4.79 Å². The Kier molecular flexibility index (Phi) is 4.97. The molecule has 1 amide bonds. The van der Waals surface area contributed by atoms with Crippen molar-refractivity contribution < 1.29 is 9.53 Å². The highest BCUT2D eigenvalue weighted by atomic mass is 16.5. The van der Waals surface area contributed by atoms with E-state index in [9.17, 15) is 4.79 Å². The van der Waals surface area contributed by atoms with Crippen molar-refractivity contribution in [3.63, 3.8) is 0 Å². The van der Waals surface area contributed by atoms with Crippen molar-refractivity contribution >= 4 is 5.91 Å². The number of rotatable bonds is 5. The molecule has 1 atom stereocenters.